The van der Waals surface area contributed by atoms with Gasteiger partial charge in [-0.3, -0.25) is 9.20 Å². The second kappa shape index (κ2) is 9.38. The number of amides is 1. The van der Waals surface area contributed by atoms with Crippen molar-refractivity contribution < 1.29 is 4.79 Å². The molecule has 0 spiro atoms. The Morgan fingerprint density at radius 1 is 1.11 bits per heavy atom. The Kier molecular flexibility index (Phi) is 6.01. The van der Waals surface area contributed by atoms with Gasteiger partial charge in [-0.25, -0.2) is 9.97 Å². The van der Waals surface area contributed by atoms with Crippen molar-refractivity contribution in [1.29, 1.82) is 0 Å². The molecule has 192 valence electrons. The lowest BCUT2D eigenvalue weighted by molar-refractivity contribution is 0.102. The van der Waals surface area contributed by atoms with E-state index in [0.29, 0.717) is 16.9 Å². The second-order valence-corrected chi connectivity index (χ2v) is 11.1. The smallest absolute Gasteiger partial charge is 0.255 e. The zero-order valence-corrected chi connectivity index (χ0v) is 22.5. The normalized spacial score (nSPS) is 14.2. The van der Waals surface area contributed by atoms with Crippen molar-refractivity contribution >= 4 is 34.3 Å². The van der Waals surface area contributed by atoms with Crippen LogP contribution in [-0.2, 0) is 12.0 Å². The van der Waals surface area contributed by atoms with Crippen LogP contribution in [-0.4, -0.2) is 39.3 Å². The number of aromatic nitrogens is 3. The molecule has 6 rings (SSSR count). The molecule has 8 heteroatoms. The predicted octanol–water partition coefficient (Wildman–Crippen LogP) is 5.74. The van der Waals surface area contributed by atoms with E-state index in [9.17, 15) is 4.79 Å². The standard InChI is InChI=1S/C30H30N6OS/c1-19-27(36-15-12-20(17-35(2)3)16-26(36)32-19)25-18-38-29(34-25)30(13-14-30)22-10-8-21(9-11-22)28(37)33-24-7-5-4-6-23(24)31/h4-12,15-16,18H,13-14,17,31H2,1-3H3,(H,33,37). The Bertz CT molecular complexity index is 1650. The Hall–Kier alpha value is -4.01. The number of imidazole rings is 1. The third kappa shape index (κ3) is 4.36. The molecule has 1 amide bonds. The number of thiazole rings is 1. The van der Waals surface area contributed by atoms with Crippen LogP contribution in [0.1, 0.15) is 45.0 Å². The van der Waals surface area contributed by atoms with E-state index in [1.54, 1.807) is 23.5 Å². The minimum Gasteiger partial charge on any atom is -0.397 e. The molecule has 2 aromatic carbocycles. The monoisotopic (exact) mass is 522 g/mol. The van der Waals surface area contributed by atoms with E-state index in [1.807, 2.05) is 31.2 Å². The first-order chi connectivity index (χ1) is 18.3. The summed E-state index contributed by atoms with van der Waals surface area (Å²) in [5.74, 6) is -0.173. The molecule has 3 heterocycles. The number of nitrogen functional groups attached to an aromatic ring is 1. The molecule has 1 fully saturated rings. The summed E-state index contributed by atoms with van der Waals surface area (Å²) in [4.78, 5) is 24.9. The summed E-state index contributed by atoms with van der Waals surface area (Å²) in [7, 11) is 4.14. The molecule has 0 saturated heterocycles. The number of anilines is 2. The maximum atomic E-state index is 12.8. The number of fused-ring (bicyclic) bond motifs is 1. The van der Waals surface area contributed by atoms with Crippen molar-refractivity contribution in [2.75, 3.05) is 25.1 Å². The molecule has 0 atom stereocenters. The van der Waals surface area contributed by atoms with Gasteiger partial charge in [0.1, 0.15) is 16.3 Å². The van der Waals surface area contributed by atoms with Crippen LogP contribution < -0.4 is 11.1 Å². The number of hydrogen-bond donors (Lipinski definition) is 2. The number of pyridine rings is 1. The molecule has 0 bridgehead atoms. The molecule has 3 aromatic heterocycles. The van der Waals surface area contributed by atoms with Gasteiger partial charge in [0.25, 0.3) is 5.91 Å². The SMILES string of the molecule is Cc1nc2cc(CN(C)C)ccn2c1-c1csc(C2(c3ccc(C(=O)Nc4ccccc4N)cc3)CC2)n1. The zero-order valence-electron chi connectivity index (χ0n) is 21.7. The Labute approximate surface area is 226 Å². The van der Waals surface area contributed by atoms with Gasteiger partial charge >= 0.3 is 0 Å². The van der Waals surface area contributed by atoms with E-state index >= 15 is 0 Å². The van der Waals surface area contributed by atoms with Gasteiger partial charge in [-0.2, -0.15) is 0 Å². The molecule has 5 aromatic rings. The molecule has 1 aliphatic rings. The molecule has 1 aliphatic carbocycles. The van der Waals surface area contributed by atoms with Crippen LogP contribution in [0.3, 0.4) is 0 Å². The topological polar surface area (TPSA) is 88.5 Å². The third-order valence-corrected chi connectivity index (χ3v) is 8.22. The fourth-order valence-electron chi connectivity index (χ4n) is 5.08. The number of hydrogen-bond acceptors (Lipinski definition) is 6. The van der Waals surface area contributed by atoms with Gasteiger partial charge in [0.2, 0.25) is 0 Å². The van der Waals surface area contributed by atoms with E-state index in [-0.39, 0.29) is 11.3 Å². The van der Waals surface area contributed by atoms with Crippen LogP contribution in [0.15, 0.2) is 72.2 Å². The molecule has 1 saturated carbocycles. The highest BCUT2D eigenvalue weighted by atomic mass is 32.1. The summed E-state index contributed by atoms with van der Waals surface area (Å²) in [5, 5.41) is 6.15. The Morgan fingerprint density at radius 2 is 1.87 bits per heavy atom. The molecule has 3 N–H and O–H groups in total. The summed E-state index contributed by atoms with van der Waals surface area (Å²) >= 11 is 1.70. The first-order valence-corrected chi connectivity index (χ1v) is 13.6. The van der Waals surface area contributed by atoms with Crippen LogP contribution in [0.2, 0.25) is 0 Å². The summed E-state index contributed by atoms with van der Waals surface area (Å²) in [6.07, 6.45) is 4.19. The number of rotatable bonds is 7. The highest BCUT2D eigenvalue weighted by Crippen LogP contribution is 2.54. The average Bonchev–Trinajstić information content (AvgIpc) is 3.44. The molecule has 38 heavy (non-hydrogen) atoms. The van der Waals surface area contributed by atoms with Gasteiger partial charge in [-0.15, -0.1) is 11.3 Å². The lowest BCUT2D eigenvalue weighted by atomic mass is 9.95. The zero-order chi connectivity index (χ0) is 26.4. The van der Waals surface area contributed by atoms with E-state index in [4.69, 9.17) is 15.7 Å². The van der Waals surface area contributed by atoms with Gasteiger partial charge in [0.15, 0.2) is 0 Å². The number of nitrogens with zero attached hydrogens (tertiary/aromatic N) is 4. The van der Waals surface area contributed by atoms with Crippen LogP contribution in [0.5, 0.6) is 0 Å². The molecule has 0 aliphatic heterocycles. The van der Waals surface area contributed by atoms with E-state index < -0.39 is 0 Å². The lowest BCUT2D eigenvalue weighted by Gasteiger charge is -2.14. The van der Waals surface area contributed by atoms with Gasteiger partial charge in [0, 0.05) is 29.1 Å². The molecular weight excluding hydrogens is 492 g/mol. The fraction of sp³-hybridized carbons (Fsp3) is 0.233. The first kappa shape index (κ1) is 24.3. The summed E-state index contributed by atoms with van der Waals surface area (Å²) in [6, 6.07) is 19.5. The van der Waals surface area contributed by atoms with Crippen molar-refractivity contribution in [3.63, 3.8) is 0 Å². The van der Waals surface area contributed by atoms with E-state index in [1.165, 1.54) is 11.1 Å². The van der Waals surface area contributed by atoms with Gasteiger partial charge in [-0.1, -0.05) is 24.3 Å². The number of carbonyl (C=O) groups is 1. The van der Waals surface area contributed by atoms with Gasteiger partial charge < -0.3 is 16.0 Å². The van der Waals surface area contributed by atoms with E-state index in [2.05, 4.69) is 64.6 Å². The van der Waals surface area contributed by atoms with Crippen LogP contribution in [0.4, 0.5) is 11.4 Å². The van der Waals surface area contributed by atoms with Crippen LogP contribution >= 0.6 is 11.3 Å². The maximum absolute atomic E-state index is 12.8. The Morgan fingerprint density at radius 3 is 2.58 bits per heavy atom. The summed E-state index contributed by atoms with van der Waals surface area (Å²) in [6.45, 7) is 2.93. The highest BCUT2D eigenvalue weighted by Gasteiger charge is 2.48. The minimum absolute atomic E-state index is 0.0882. The van der Waals surface area contributed by atoms with Gasteiger partial charge in [-0.05, 0) is 81.4 Å². The number of nitrogens with one attached hydrogen (secondary N) is 1. The molecular formula is C30H30N6OS. The molecule has 0 radical (unpaired) electrons. The second-order valence-electron chi connectivity index (χ2n) is 10.3. The number of benzene rings is 2. The minimum atomic E-state index is -0.173. The Balaban J connectivity index is 1.25. The van der Waals surface area contributed by atoms with E-state index in [0.717, 1.165) is 47.1 Å². The van der Waals surface area contributed by atoms with Gasteiger partial charge in [0.05, 0.1) is 22.8 Å². The molecule has 0 unspecified atom stereocenters. The maximum Gasteiger partial charge on any atom is 0.255 e. The molecule has 7 nitrogen and oxygen atoms in total. The summed E-state index contributed by atoms with van der Waals surface area (Å²) < 4.78 is 2.14. The summed E-state index contributed by atoms with van der Waals surface area (Å²) in [5.41, 5.74) is 14.0. The van der Waals surface area contributed by atoms with Crippen molar-refractivity contribution in [1.82, 2.24) is 19.3 Å². The van der Waals surface area contributed by atoms with Crippen molar-refractivity contribution in [2.45, 2.75) is 31.7 Å². The number of aryl methyl sites for hydroxylation is 1. The fourth-order valence-corrected chi connectivity index (χ4v) is 6.16. The highest BCUT2D eigenvalue weighted by molar-refractivity contribution is 7.10. The lowest BCUT2D eigenvalue weighted by Crippen LogP contribution is -2.14. The largest absolute Gasteiger partial charge is 0.397 e. The van der Waals surface area contributed by atoms with Crippen molar-refractivity contribution in [2.24, 2.45) is 0 Å². The number of carbonyl (C=O) groups excluding carboxylic acids is 1. The van der Waals surface area contributed by atoms with Crippen LogP contribution in [0.25, 0.3) is 17.0 Å². The first-order valence-electron chi connectivity index (χ1n) is 12.7. The number of nitrogens with two attached hydrogens (primary N) is 1. The quantitative estimate of drug-likeness (QED) is 0.266. The van der Waals surface area contributed by atoms with Crippen molar-refractivity contribution in [3.05, 3.63) is 99.6 Å². The van der Waals surface area contributed by atoms with Crippen LogP contribution in [0, 0.1) is 6.92 Å². The average molecular weight is 523 g/mol. The predicted molar refractivity (Wildman–Crippen MR) is 154 cm³/mol. The number of para-hydroxylation sites is 2. The third-order valence-electron chi connectivity index (χ3n) is 7.18. The van der Waals surface area contributed by atoms with Crippen molar-refractivity contribution in [3.8, 4) is 11.4 Å².